The summed E-state index contributed by atoms with van der Waals surface area (Å²) in [7, 11) is -4.54. The number of aromatic nitrogens is 1. The molecule has 3 aromatic rings. The fraction of sp³-hybridized carbons (Fsp3) is 0.208. The molecular weight excluding hydrogens is 475 g/mol. The van der Waals surface area contributed by atoms with E-state index in [4.69, 9.17) is 5.73 Å². The van der Waals surface area contributed by atoms with Crippen LogP contribution in [0, 0.1) is 5.82 Å². The van der Waals surface area contributed by atoms with Crippen molar-refractivity contribution >= 4 is 27.6 Å². The first kappa shape index (κ1) is 25.9. The molecule has 35 heavy (non-hydrogen) atoms. The summed E-state index contributed by atoms with van der Waals surface area (Å²) in [5.74, 6) is -2.47. The fourth-order valence-electron chi connectivity index (χ4n) is 3.50. The van der Waals surface area contributed by atoms with Crippen molar-refractivity contribution in [2.24, 2.45) is 5.73 Å². The van der Waals surface area contributed by atoms with Gasteiger partial charge in [-0.25, -0.2) is 4.39 Å². The van der Waals surface area contributed by atoms with Gasteiger partial charge in [0.2, 0.25) is 5.91 Å². The highest BCUT2D eigenvalue weighted by Crippen LogP contribution is 2.27. The summed E-state index contributed by atoms with van der Waals surface area (Å²) < 4.78 is 45.9. The van der Waals surface area contributed by atoms with Crippen molar-refractivity contribution in [3.05, 3.63) is 95.6 Å². The van der Waals surface area contributed by atoms with E-state index in [2.05, 4.69) is 15.6 Å². The van der Waals surface area contributed by atoms with Gasteiger partial charge in [0.15, 0.2) is 0 Å². The van der Waals surface area contributed by atoms with Crippen LogP contribution in [-0.2, 0) is 20.3 Å². The van der Waals surface area contributed by atoms with Crippen molar-refractivity contribution in [2.45, 2.75) is 18.4 Å². The normalized spacial score (nSPS) is 13.9. The minimum Gasteiger partial charge on any atom is -0.353 e. The van der Waals surface area contributed by atoms with Gasteiger partial charge in [0.25, 0.3) is 16.0 Å². The molecule has 5 N–H and O–H groups in total. The molecule has 1 aromatic heterocycles. The quantitative estimate of drug-likeness (QED) is 0.329. The zero-order valence-corrected chi connectivity index (χ0v) is 19.6. The number of hydrogen-bond acceptors (Lipinski definition) is 6. The molecule has 0 saturated carbocycles. The molecule has 0 aliphatic rings. The first-order valence-corrected chi connectivity index (χ1v) is 12.2. The molecule has 2 amide bonds. The third kappa shape index (κ3) is 6.92. The SMILES string of the molecule is CC(CS(=O)(=O)O)(C(=O)NCC(N)c1ccc(C(=O)Nc2ccncc2)cc1)c1ccc(F)cc1. The van der Waals surface area contributed by atoms with E-state index in [1.807, 2.05) is 0 Å². The van der Waals surface area contributed by atoms with Crippen molar-refractivity contribution in [2.75, 3.05) is 17.6 Å². The van der Waals surface area contributed by atoms with Gasteiger partial charge in [-0.15, -0.1) is 0 Å². The van der Waals surface area contributed by atoms with E-state index < -0.39 is 39.1 Å². The molecule has 2 atom stereocenters. The monoisotopic (exact) mass is 500 g/mol. The van der Waals surface area contributed by atoms with Crippen LogP contribution in [-0.4, -0.2) is 42.1 Å². The first-order chi connectivity index (χ1) is 16.5. The van der Waals surface area contributed by atoms with E-state index in [1.54, 1.807) is 48.8 Å². The summed E-state index contributed by atoms with van der Waals surface area (Å²) in [4.78, 5) is 29.3. The number of nitrogens with two attached hydrogens (primary N) is 1. The van der Waals surface area contributed by atoms with Gasteiger partial charge < -0.3 is 16.4 Å². The molecule has 0 radical (unpaired) electrons. The summed E-state index contributed by atoms with van der Waals surface area (Å²) in [6.07, 6.45) is 3.12. The fourth-order valence-corrected chi connectivity index (χ4v) is 4.53. The number of anilines is 1. The molecule has 1 heterocycles. The highest BCUT2D eigenvalue weighted by atomic mass is 32.2. The van der Waals surface area contributed by atoms with Crippen molar-refractivity contribution in [1.82, 2.24) is 10.3 Å². The van der Waals surface area contributed by atoms with E-state index in [-0.39, 0.29) is 18.0 Å². The number of nitrogens with zero attached hydrogens (tertiary/aromatic N) is 1. The molecule has 2 unspecified atom stereocenters. The second kappa shape index (κ2) is 10.7. The summed E-state index contributed by atoms with van der Waals surface area (Å²) in [6, 6.07) is 13.9. The predicted molar refractivity (Wildman–Crippen MR) is 129 cm³/mol. The summed E-state index contributed by atoms with van der Waals surface area (Å²) in [5, 5.41) is 5.35. The smallest absolute Gasteiger partial charge is 0.266 e. The van der Waals surface area contributed by atoms with Crippen LogP contribution in [0.3, 0.4) is 0 Å². The van der Waals surface area contributed by atoms with Gasteiger partial charge in [-0.2, -0.15) is 8.42 Å². The van der Waals surface area contributed by atoms with E-state index in [0.717, 1.165) is 12.1 Å². The maximum Gasteiger partial charge on any atom is 0.266 e. The Labute approximate surface area is 202 Å². The average molecular weight is 501 g/mol. The van der Waals surface area contributed by atoms with E-state index in [1.165, 1.54) is 19.1 Å². The molecule has 0 spiro atoms. The maximum atomic E-state index is 13.3. The van der Waals surface area contributed by atoms with Crippen molar-refractivity contribution in [3.63, 3.8) is 0 Å². The van der Waals surface area contributed by atoms with Gasteiger partial charge in [-0.1, -0.05) is 24.3 Å². The largest absolute Gasteiger partial charge is 0.353 e. The minimum absolute atomic E-state index is 0.0519. The lowest BCUT2D eigenvalue weighted by molar-refractivity contribution is -0.125. The molecule has 184 valence electrons. The molecule has 0 bridgehead atoms. The van der Waals surface area contributed by atoms with Crippen molar-refractivity contribution in [1.29, 1.82) is 0 Å². The lowest BCUT2D eigenvalue weighted by Gasteiger charge is -2.28. The van der Waals surface area contributed by atoms with Crippen LogP contribution in [0.5, 0.6) is 0 Å². The van der Waals surface area contributed by atoms with Crippen LogP contribution in [0.2, 0.25) is 0 Å². The number of benzene rings is 2. The second-order valence-corrected chi connectivity index (χ2v) is 9.65. The molecule has 3 rings (SSSR count). The number of nitrogens with one attached hydrogen (secondary N) is 2. The topological polar surface area (TPSA) is 151 Å². The van der Waals surface area contributed by atoms with Crippen LogP contribution in [0.15, 0.2) is 73.1 Å². The van der Waals surface area contributed by atoms with E-state index in [9.17, 15) is 27.0 Å². The Morgan fingerprint density at radius 3 is 2.23 bits per heavy atom. The van der Waals surface area contributed by atoms with Gasteiger partial charge in [0.1, 0.15) is 5.82 Å². The first-order valence-electron chi connectivity index (χ1n) is 10.5. The van der Waals surface area contributed by atoms with Crippen LogP contribution in [0.25, 0.3) is 0 Å². The Hall–Kier alpha value is -3.67. The Balaban J connectivity index is 1.67. The van der Waals surface area contributed by atoms with Crippen molar-refractivity contribution < 1.29 is 27.0 Å². The molecule has 2 aromatic carbocycles. The van der Waals surface area contributed by atoms with Crippen LogP contribution >= 0.6 is 0 Å². The van der Waals surface area contributed by atoms with E-state index >= 15 is 0 Å². The number of pyridine rings is 1. The standard InChI is InChI=1S/C24H25FN4O5S/c1-24(15-35(32,33)34,18-6-8-19(25)9-7-18)23(31)28-14-21(26)16-2-4-17(5-3-16)22(30)29-20-10-12-27-13-11-20/h2-13,21H,14-15,26H2,1H3,(H,28,31)(H,27,29,30)(H,32,33,34). The molecule has 0 aliphatic heterocycles. The van der Waals surface area contributed by atoms with Gasteiger partial charge in [0.05, 0.1) is 11.2 Å². The highest BCUT2D eigenvalue weighted by molar-refractivity contribution is 7.85. The maximum absolute atomic E-state index is 13.3. The van der Waals surface area contributed by atoms with Crippen molar-refractivity contribution in [3.8, 4) is 0 Å². The predicted octanol–water partition coefficient (Wildman–Crippen LogP) is 2.43. The van der Waals surface area contributed by atoms with Gasteiger partial charge in [0, 0.05) is 36.2 Å². The molecule has 9 nitrogen and oxygen atoms in total. The minimum atomic E-state index is -4.54. The zero-order valence-electron chi connectivity index (χ0n) is 18.8. The number of rotatable bonds is 9. The third-order valence-electron chi connectivity index (χ3n) is 5.48. The Morgan fingerprint density at radius 2 is 1.66 bits per heavy atom. The van der Waals surface area contributed by atoms with Crippen LogP contribution in [0.4, 0.5) is 10.1 Å². The van der Waals surface area contributed by atoms with Crippen LogP contribution in [0.1, 0.15) is 34.5 Å². The number of halogens is 1. The number of carbonyl (C=O) groups is 2. The number of hydrogen-bond donors (Lipinski definition) is 4. The summed E-state index contributed by atoms with van der Waals surface area (Å²) in [6.45, 7) is 1.29. The van der Waals surface area contributed by atoms with Gasteiger partial charge >= 0.3 is 0 Å². The van der Waals surface area contributed by atoms with Crippen LogP contribution < -0.4 is 16.4 Å². The molecular formula is C24H25FN4O5S. The summed E-state index contributed by atoms with van der Waals surface area (Å²) >= 11 is 0. The lowest BCUT2D eigenvalue weighted by atomic mass is 9.83. The van der Waals surface area contributed by atoms with Gasteiger partial charge in [-0.3, -0.25) is 19.1 Å². The number of carbonyl (C=O) groups excluding carboxylic acids is 2. The van der Waals surface area contributed by atoms with Gasteiger partial charge in [-0.05, 0) is 54.4 Å². The number of amides is 2. The zero-order chi connectivity index (χ0) is 25.6. The Morgan fingerprint density at radius 1 is 1.06 bits per heavy atom. The second-order valence-electron chi connectivity index (χ2n) is 8.19. The average Bonchev–Trinajstić information content (AvgIpc) is 2.82. The lowest BCUT2D eigenvalue weighted by Crippen LogP contribution is -2.48. The Bertz CT molecular complexity index is 1290. The third-order valence-corrected chi connectivity index (χ3v) is 6.42. The molecule has 0 fully saturated rings. The molecule has 0 aliphatic carbocycles. The highest BCUT2D eigenvalue weighted by Gasteiger charge is 2.39. The van der Waals surface area contributed by atoms with E-state index in [0.29, 0.717) is 16.8 Å². The molecule has 11 heteroatoms. The molecule has 0 saturated heterocycles. The Kier molecular flexibility index (Phi) is 7.95. The summed E-state index contributed by atoms with van der Waals surface area (Å²) in [5.41, 5.74) is 6.34.